The zero-order valence-electron chi connectivity index (χ0n) is 6.27. The largest absolute Gasteiger partial charge is 0.481 e. The van der Waals surface area contributed by atoms with Crippen molar-refractivity contribution in [2.45, 2.75) is 20.8 Å². The van der Waals surface area contributed by atoms with E-state index in [0.29, 0.717) is 0 Å². The molecule has 0 aromatic carbocycles. The van der Waals surface area contributed by atoms with Crippen molar-refractivity contribution in [2.24, 2.45) is 10.4 Å². The van der Waals surface area contributed by atoms with Crippen LogP contribution in [0, 0.1) is 5.41 Å². The van der Waals surface area contributed by atoms with Crippen LogP contribution < -0.4 is 0 Å². The summed E-state index contributed by atoms with van der Waals surface area (Å²) >= 11 is 0. The van der Waals surface area contributed by atoms with E-state index in [0.717, 1.165) is 19.0 Å². The average molecular weight is 127 g/mol. The first-order valence-electron chi connectivity index (χ1n) is 3.24. The molecule has 1 heterocycles. The van der Waals surface area contributed by atoms with Crippen LogP contribution in [0.1, 0.15) is 20.8 Å². The molecule has 2 heteroatoms. The summed E-state index contributed by atoms with van der Waals surface area (Å²) in [6, 6.07) is 0. The molecule has 2 nitrogen and oxygen atoms in total. The lowest BCUT2D eigenvalue weighted by molar-refractivity contribution is 0.155. The van der Waals surface area contributed by atoms with Crippen molar-refractivity contribution in [3.8, 4) is 0 Å². The van der Waals surface area contributed by atoms with Gasteiger partial charge in [-0.25, -0.2) is 0 Å². The molecule has 0 fully saturated rings. The van der Waals surface area contributed by atoms with Crippen molar-refractivity contribution < 1.29 is 4.74 Å². The Kier molecular flexibility index (Phi) is 1.47. The van der Waals surface area contributed by atoms with Crippen LogP contribution >= 0.6 is 0 Å². The summed E-state index contributed by atoms with van der Waals surface area (Å²) in [5.74, 6) is 0.828. The number of aliphatic imine (C=N–C) groups is 1. The van der Waals surface area contributed by atoms with E-state index in [4.69, 9.17) is 4.74 Å². The minimum atomic E-state index is 0.250. The molecule has 0 atom stereocenters. The maximum absolute atomic E-state index is 5.24. The number of hydrogen-bond donors (Lipinski definition) is 0. The predicted octanol–water partition coefficient (Wildman–Crippen LogP) is 1.46. The zero-order valence-corrected chi connectivity index (χ0v) is 6.27. The maximum atomic E-state index is 5.24. The topological polar surface area (TPSA) is 21.6 Å². The monoisotopic (exact) mass is 127 g/mol. The van der Waals surface area contributed by atoms with Gasteiger partial charge in [-0.3, -0.25) is 4.99 Å². The molecule has 0 bridgehead atoms. The third-order valence-corrected chi connectivity index (χ3v) is 1.40. The second kappa shape index (κ2) is 2.01. The van der Waals surface area contributed by atoms with E-state index in [1.54, 1.807) is 0 Å². The van der Waals surface area contributed by atoms with Crippen molar-refractivity contribution in [1.82, 2.24) is 0 Å². The Morgan fingerprint density at radius 1 is 1.56 bits per heavy atom. The maximum Gasteiger partial charge on any atom is 0.179 e. The Bertz CT molecular complexity index is 138. The van der Waals surface area contributed by atoms with Crippen LogP contribution in [0.15, 0.2) is 4.99 Å². The highest BCUT2D eigenvalue weighted by Gasteiger charge is 2.21. The lowest BCUT2D eigenvalue weighted by Gasteiger charge is -2.26. The first kappa shape index (κ1) is 6.59. The van der Waals surface area contributed by atoms with Crippen molar-refractivity contribution in [3.63, 3.8) is 0 Å². The molecule has 0 radical (unpaired) electrons. The number of hydrogen-bond acceptors (Lipinski definition) is 2. The van der Waals surface area contributed by atoms with E-state index >= 15 is 0 Å². The summed E-state index contributed by atoms with van der Waals surface area (Å²) in [6.07, 6.45) is 0. The van der Waals surface area contributed by atoms with E-state index in [2.05, 4.69) is 18.8 Å². The molecule has 0 saturated carbocycles. The van der Waals surface area contributed by atoms with E-state index in [9.17, 15) is 0 Å². The van der Waals surface area contributed by atoms with Crippen molar-refractivity contribution in [3.05, 3.63) is 0 Å². The highest BCUT2D eigenvalue weighted by molar-refractivity contribution is 5.73. The second-order valence-electron chi connectivity index (χ2n) is 3.29. The highest BCUT2D eigenvalue weighted by Crippen LogP contribution is 2.19. The minimum Gasteiger partial charge on any atom is -0.481 e. The van der Waals surface area contributed by atoms with Gasteiger partial charge in [-0.15, -0.1) is 0 Å². The zero-order chi connectivity index (χ0) is 6.91. The average Bonchev–Trinajstić information content (AvgIpc) is 1.78. The lowest BCUT2D eigenvalue weighted by Crippen LogP contribution is -2.29. The van der Waals surface area contributed by atoms with Gasteiger partial charge in [0.05, 0.1) is 13.2 Å². The van der Waals surface area contributed by atoms with Crippen LogP contribution in [0.5, 0.6) is 0 Å². The number of rotatable bonds is 0. The molecule has 0 spiro atoms. The fraction of sp³-hybridized carbons (Fsp3) is 0.857. The Labute approximate surface area is 55.9 Å². The fourth-order valence-electron chi connectivity index (χ4n) is 0.716. The summed E-state index contributed by atoms with van der Waals surface area (Å²) < 4.78 is 5.24. The summed E-state index contributed by atoms with van der Waals surface area (Å²) in [6.45, 7) is 7.92. The predicted molar refractivity (Wildman–Crippen MR) is 37.7 cm³/mol. The van der Waals surface area contributed by atoms with E-state index in [1.807, 2.05) is 6.92 Å². The smallest absolute Gasteiger partial charge is 0.179 e. The Balaban J connectivity index is 2.56. The molecule has 0 amide bonds. The molecular weight excluding hydrogens is 114 g/mol. The lowest BCUT2D eigenvalue weighted by atomic mass is 9.94. The van der Waals surface area contributed by atoms with Gasteiger partial charge in [0.2, 0.25) is 0 Å². The summed E-state index contributed by atoms with van der Waals surface area (Å²) in [7, 11) is 0. The standard InChI is InChI=1S/C7H13NO/c1-6-8-4-7(2,3)5-9-6/h4-5H2,1-3H3. The van der Waals surface area contributed by atoms with Crippen molar-refractivity contribution in [2.75, 3.05) is 13.2 Å². The highest BCUT2D eigenvalue weighted by atomic mass is 16.5. The van der Waals surface area contributed by atoms with Crippen LogP contribution in [-0.2, 0) is 4.74 Å². The molecule has 52 valence electrons. The van der Waals surface area contributed by atoms with Gasteiger partial charge >= 0.3 is 0 Å². The molecule has 1 aliphatic heterocycles. The fourth-order valence-corrected chi connectivity index (χ4v) is 0.716. The number of nitrogens with zero attached hydrogens (tertiary/aromatic N) is 1. The first-order valence-corrected chi connectivity index (χ1v) is 3.24. The van der Waals surface area contributed by atoms with Gasteiger partial charge in [-0.05, 0) is 0 Å². The van der Waals surface area contributed by atoms with Crippen LogP contribution in [0.25, 0.3) is 0 Å². The first-order chi connectivity index (χ1) is 4.10. The molecule has 0 aliphatic carbocycles. The van der Waals surface area contributed by atoms with Gasteiger partial charge in [0.1, 0.15) is 0 Å². The van der Waals surface area contributed by atoms with Crippen LogP contribution in [0.2, 0.25) is 0 Å². The molecule has 0 aromatic rings. The molecule has 1 rings (SSSR count). The Morgan fingerprint density at radius 2 is 2.22 bits per heavy atom. The van der Waals surface area contributed by atoms with Crippen molar-refractivity contribution >= 4 is 5.90 Å². The molecule has 9 heavy (non-hydrogen) atoms. The van der Waals surface area contributed by atoms with E-state index in [-0.39, 0.29) is 5.41 Å². The summed E-state index contributed by atoms with van der Waals surface area (Å²) in [4.78, 5) is 4.18. The van der Waals surface area contributed by atoms with Gasteiger partial charge in [0.15, 0.2) is 5.90 Å². The molecule has 0 saturated heterocycles. The van der Waals surface area contributed by atoms with Crippen LogP contribution in [0.3, 0.4) is 0 Å². The van der Waals surface area contributed by atoms with Gasteiger partial charge in [0, 0.05) is 12.3 Å². The summed E-state index contributed by atoms with van der Waals surface area (Å²) in [5.41, 5.74) is 0.250. The van der Waals surface area contributed by atoms with Gasteiger partial charge in [-0.2, -0.15) is 0 Å². The second-order valence-corrected chi connectivity index (χ2v) is 3.29. The molecule has 0 aromatic heterocycles. The van der Waals surface area contributed by atoms with E-state index < -0.39 is 0 Å². The normalized spacial score (nSPS) is 24.6. The summed E-state index contributed by atoms with van der Waals surface area (Å²) in [5, 5.41) is 0. The third kappa shape index (κ3) is 1.70. The minimum absolute atomic E-state index is 0.250. The SMILES string of the molecule is CC1=NCC(C)(C)CO1. The van der Waals surface area contributed by atoms with Gasteiger partial charge in [-0.1, -0.05) is 13.8 Å². The third-order valence-electron chi connectivity index (χ3n) is 1.40. The molecular formula is C7H13NO. The number of ether oxygens (including phenoxy) is 1. The Hall–Kier alpha value is -0.530. The Morgan fingerprint density at radius 3 is 2.56 bits per heavy atom. The molecule has 0 unspecified atom stereocenters. The van der Waals surface area contributed by atoms with Gasteiger partial charge < -0.3 is 4.74 Å². The molecule has 1 aliphatic rings. The van der Waals surface area contributed by atoms with E-state index in [1.165, 1.54) is 0 Å². The van der Waals surface area contributed by atoms with Crippen molar-refractivity contribution in [1.29, 1.82) is 0 Å². The van der Waals surface area contributed by atoms with Crippen LogP contribution in [0.4, 0.5) is 0 Å². The quantitative estimate of drug-likeness (QED) is 0.482. The van der Waals surface area contributed by atoms with Crippen LogP contribution in [-0.4, -0.2) is 19.0 Å². The molecule has 0 N–H and O–H groups in total. The van der Waals surface area contributed by atoms with Gasteiger partial charge in [0.25, 0.3) is 0 Å².